The molecule has 0 fully saturated rings. The van der Waals surface area contributed by atoms with E-state index in [1.165, 1.54) is 0 Å². The second-order valence-electron chi connectivity index (χ2n) is 4.89. The first-order chi connectivity index (χ1) is 9.45. The molecule has 0 saturated heterocycles. The first-order valence-electron chi connectivity index (χ1n) is 6.80. The second-order valence-corrected chi connectivity index (χ2v) is 4.89. The van der Waals surface area contributed by atoms with Crippen LogP contribution < -0.4 is 10.1 Å². The number of nitro groups is 1. The molecule has 6 heteroatoms. The van der Waals surface area contributed by atoms with Gasteiger partial charge in [0.05, 0.1) is 17.6 Å². The van der Waals surface area contributed by atoms with Crippen molar-refractivity contribution >= 4 is 11.4 Å². The summed E-state index contributed by atoms with van der Waals surface area (Å²) in [7, 11) is 0. The summed E-state index contributed by atoms with van der Waals surface area (Å²) in [6, 6.07) is 4.89. The number of rotatable bonds is 8. The molecule has 6 nitrogen and oxygen atoms in total. The van der Waals surface area contributed by atoms with E-state index in [1.807, 2.05) is 13.8 Å². The zero-order valence-corrected chi connectivity index (χ0v) is 12.1. The van der Waals surface area contributed by atoms with E-state index in [0.29, 0.717) is 18.7 Å². The average Bonchev–Trinajstić information content (AvgIpc) is 2.34. The normalized spacial score (nSPS) is 13.6. The van der Waals surface area contributed by atoms with Crippen molar-refractivity contribution in [2.45, 2.75) is 45.8 Å². The van der Waals surface area contributed by atoms with Crippen LogP contribution in [0.15, 0.2) is 18.2 Å². The lowest BCUT2D eigenvalue weighted by molar-refractivity contribution is -0.385. The second kappa shape index (κ2) is 7.69. The van der Waals surface area contributed by atoms with Gasteiger partial charge in [-0.2, -0.15) is 0 Å². The Bertz CT molecular complexity index is 449. The number of nitro benzene ring substituents is 1. The van der Waals surface area contributed by atoms with E-state index in [4.69, 9.17) is 4.74 Å². The lowest BCUT2D eigenvalue weighted by atomic mass is 10.1. The van der Waals surface area contributed by atoms with Crippen molar-refractivity contribution < 1.29 is 14.8 Å². The fraction of sp³-hybridized carbons (Fsp3) is 0.571. The molecule has 0 aromatic heterocycles. The van der Waals surface area contributed by atoms with Crippen LogP contribution in [-0.4, -0.2) is 28.8 Å². The fourth-order valence-electron chi connectivity index (χ4n) is 1.99. The van der Waals surface area contributed by atoms with E-state index in [-0.39, 0.29) is 17.5 Å². The number of nitrogens with zero attached hydrogens (tertiary/aromatic N) is 1. The van der Waals surface area contributed by atoms with Gasteiger partial charge in [-0.1, -0.05) is 13.0 Å². The van der Waals surface area contributed by atoms with Gasteiger partial charge in [0.1, 0.15) is 5.69 Å². The zero-order valence-electron chi connectivity index (χ0n) is 12.1. The molecule has 2 unspecified atom stereocenters. The van der Waals surface area contributed by atoms with Gasteiger partial charge in [0, 0.05) is 6.04 Å². The fourth-order valence-corrected chi connectivity index (χ4v) is 1.99. The Morgan fingerprint density at radius 3 is 2.70 bits per heavy atom. The minimum absolute atomic E-state index is 0.0570. The summed E-state index contributed by atoms with van der Waals surface area (Å²) in [6.07, 6.45) is 0.834. The minimum Gasteiger partial charge on any atom is -0.487 e. The number of hydrogen-bond acceptors (Lipinski definition) is 5. The molecule has 112 valence electrons. The first-order valence-corrected chi connectivity index (χ1v) is 6.80. The molecule has 0 heterocycles. The van der Waals surface area contributed by atoms with Crippen molar-refractivity contribution in [3.05, 3.63) is 28.3 Å². The quantitative estimate of drug-likeness (QED) is 0.565. The van der Waals surface area contributed by atoms with Gasteiger partial charge in [0.25, 0.3) is 0 Å². The Hall–Kier alpha value is -1.82. The lowest BCUT2D eigenvalue weighted by Crippen LogP contribution is -2.21. The van der Waals surface area contributed by atoms with E-state index in [2.05, 4.69) is 5.32 Å². The third-order valence-electron chi connectivity index (χ3n) is 2.74. The van der Waals surface area contributed by atoms with E-state index < -0.39 is 11.0 Å². The van der Waals surface area contributed by atoms with Crippen LogP contribution in [0.3, 0.4) is 0 Å². The molecule has 1 rings (SSSR count). The zero-order chi connectivity index (χ0) is 15.1. The minimum atomic E-state index is -0.462. The largest absolute Gasteiger partial charge is 0.487 e. The highest BCUT2D eigenvalue weighted by Crippen LogP contribution is 2.35. The maximum Gasteiger partial charge on any atom is 0.333 e. The molecule has 1 aromatic rings. The molecule has 2 N–H and O–H groups in total. The van der Waals surface area contributed by atoms with Crippen molar-refractivity contribution in [2.24, 2.45) is 0 Å². The Balaban J connectivity index is 2.97. The van der Waals surface area contributed by atoms with Crippen LogP contribution in [0, 0.1) is 10.1 Å². The summed E-state index contributed by atoms with van der Waals surface area (Å²) < 4.78 is 5.42. The van der Waals surface area contributed by atoms with Crippen LogP contribution in [0.2, 0.25) is 0 Å². The van der Waals surface area contributed by atoms with E-state index in [1.54, 1.807) is 25.1 Å². The van der Waals surface area contributed by atoms with Crippen LogP contribution in [0.4, 0.5) is 11.4 Å². The standard InChI is InChI=1S/C14H22N2O4/c1-4-8-20-13-7-5-6-12(14(13)16(18)19)15-10(2)9-11(3)17/h5-7,10-11,15,17H,4,8-9H2,1-3H3. The number of benzene rings is 1. The number of aliphatic hydroxyl groups is 1. The summed E-state index contributed by atoms with van der Waals surface area (Å²) in [6.45, 7) is 5.94. The maximum atomic E-state index is 11.2. The molecule has 0 aliphatic rings. The number of ether oxygens (including phenoxy) is 1. The molecule has 0 bridgehead atoms. The van der Waals surface area contributed by atoms with Crippen LogP contribution in [0.5, 0.6) is 5.75 Å². The van der Waals surface area contributed by atoms with Crippen LogP contribution in [0.25, 0.3) is 0 Å². The molecular weight excluding hydrogens is 260 g/mol. The molecular formula is C14H22N2O4. The third kappa shape index (κ3) is 4.70. The molecule has 0 aliphatic carbocycles. The summed E-state index contributed by atoms with van der Waals surface area (Å²) in [4.78, 5) is 10.8. The van der Waals surface area contributed by atoms with Crippen LogP contribution in [-0.2, 0) is 0 Å². The van der Waals surface area contributed by atoms with Gasteiger partial charge in [-0.3, -0.25) is 10.1 Å². The molecule has 0 saturated carbocycles. The van der Waals surface area contributed by atoms with Gasteiger partial charge in [-0.25, -0.2) is 0 Å². The van der Waals surface area contributed by atoms with Crippen molar-refractivity contribution in [2.75, 3.05) is 11.9 Å². The Kier molecular flexibility index (Phi) is 6.24. The van der Waals surface area contributed by atoms with Gasteiger partial charge in [-0.05, 0) is 38.8 Å². The number of para-hydroxylation sites is 1. The molecule has 0 spiro atoms. The first kappa shape index (κ1) is 16.2. The molecule has 0 aliphatic heterocycles. The predicted octanol–water partition coefficient (Wildman–Crippen LogP) is 2.95. The van der Waals surface area contributed by atoms with Gasteiger partial charge in [0.15, 0.2) is 5.75 Å². The Labute approximate surface area is 118 Å². The van der Waals surface area contributed by atoms with E-state index in [0.717, 1.165) is 6.42 Å². The summed E-state index contributed by atoms with van der Waals surface area (Å²) in [5.41, 5.74) is 0.357. The molecule has 20 heavy (non-hydrogen) atoms. The van der Waals surface area contributed by atoms with E-state index in [9.17, 15) is 15.2 Å². The SMILES string of the molecule is CCCOc1cccc(NC(C)CC(C)O)c1[N+](=O)[O-]. The topological polar surface area (TPSA) is 84.6 Å². The Morgan fingerprint density at radius 2 is 2.15 bits per heavy atom. The van der Waals surface area contributed by atoms with Crippen molar-refractivity contribution in [3.63, 3.8) is 0 Å². The van der Waals surface area contributed by atoms with Gasteiger partial charge < -0.3 is 15.2 Å². The highest BCUT2D eigenvalue weighted by Gasteiger charge is 2.22. The molecule has 2 atom stereocenters. The van der Waals surface area contributed by atoms with Gasteiger partial charge in [0.2, 0.25) is 0 Å². The predicted molar refractivity (Wildman–Crippen MR) is 78.3 cm³/mol. The monoisotopic (exact) mass is 282 g/mol. The van der Waals surface area contributed by atoms with Crippen LogP contribution in [0.1, 0.15) is 33.6 Å². The summed E-state index contributed by atoms with van der Waals surface area (Å²) in [5, 5.41) is 23.7. The number of hydrogen-bond donors (Lipinski definition) is 2. The third-order valence-corrected chi connectivity index (χ3v) is 2.74. The van der Waals surface area contributed by atoms with Crippen molar-refractivity contribution in [1.29, 1.82) is 0 Å². The lowest BCUT2D eigenvalue weighted by Gasteiger charge is -2.17. The van der Waals surface area contributed by atoms with Crippen molar-refractivity contribution in [3.8, 4) is 5.75 Å². The number of aliphatic hydroxyl groups excluding tert-OH is 1. The van der Waals surface area contributed by atoms with Crippen LogP contribution >= 0.6 is 0 Å². The van der Waals surface area contributed by atoms with Crippen molar-refractivity contribution in [1.82, 2.24) is 0 Å². The average molecular weight is 282 g/mol. The van der Waals surface area contributed by atoms with E-state index >= 15 is 0 Å². The number of anilines is 1. The summed E-state index contributed by atoms with van der Waals surface area (Å²) >= 11 is 0. The summed E-state index contributed by atoms with van der Waals surface area (Å²) in [5.74, 6) is 0.270. The smallest absolute Gasteiger partial charge is 0.333 e. The Morgan fingerprint density at radius 1 is 1.45 bits per heavy atom. The van der Waals surface area contributed by atoms with Gasteiger partial charge in [-0.15, -0.1) is 0 Å². The number of nitrogens with one attached hydrogen (secondary N) is 1. The van der Waals surface area contributed by atoms with Gasteiger partial charge >= 0.3 is 5.69 Å². The molecule has 0 radical (unpaired) electrons. The molecule has 1 aromatic carbocycles. The highest BCUT2D eigenvalue weighted by atomic mass is 16.6. The highest BCUT2D eigenvalue weighted by molar-refractivity contribution is 5.68. The maximum absolute atomic E-state index is 11.2. The molecule has 0 amide bonds.